The number of epoxide rings is 1. The molecule has 6 N–H and O–H groups in total. The molecule has 16 atom stereocenters. The van der Waals surface area contributed by atoms with Gasteiger partial charge in [-0.15, -0.1) is 0 Å². The van der Waals surface area contributed by atoms with Gasteiger partial charge in [0.1, 0.15) is 42.7 Å². The van der Waals surface area contributed by atoms with Crippen LogP contribution in [0.4, 0.5) is 0 Å². The minimum absolute atomic E-state index is 0.0378. The Morgan fingerprint density at radius 3 is 2.36 bits per heavy atom. The standard InChI is InChI=1S/C31H50O11/c1-14(2)17-9-11-30(5)18(17)12-19(32)15(3)8-7-10-31(6)27(42-31)26(30)41-29-24(37)22(35)25(16(4)39-29)40-28-23(36)21(34)20(33)13-38-28/h8,16-29,32-37H,1,7,9-13H2,2-6H3/b15-8+/t16-,17-,18-,19+,20+,21+,22-,23-,24+,25-,26?,27+,28-,29-,30-,31-/m0/s1. The molecule has 4 fully saturated rings. The SMILES string of the molecule is C=C(C)[C@@H]1CC[C@]2(C)C(O[C@@H]3O[C@@H](C)[C@H](O[C@@H]4OC[C@@H](O)[C@@H](O)[C@@H]4O)[C@@H](O)[C@H]3O)[C@H]3O[C@@]3(C)CC/C=C(\C)[C@H](O)C[C@@H]12. The van der Waals surface area contributed by atoms with E-state index in [0.29, 0.717) is 6.42 Å². The molecule has 1 unspecified atom stereocenters. The molecule has 5 aliphatic rings. The molecule has 3 heterocycles. The molecule has 0 spiro atoms. The topological polar surface area (TPSA) is 171 Å². The van der Waals surface area contributed by atoms with Crippen LogP contribution in [-0.2, 0) is 23.7 Å². The van der Waals surface area contributed by atoms with Crippen molar-refractivity contribution in [1.82, 2.24) is 0 Å². The van der Waals surface area contributed by atoms with E-state index in [0.717, 1.165) is 36.8 Å². The Kier molecular flexibility index (Phi) is 9.34. The first-order chi connectivity index (χ1) is 19.7. The van der Waals surface area contributed by atoms with E-state index in [4.69, 9.17) is 23.7 Å². The fraction of sp³-hybridized carbons (Fsp3) is 0.871. The Balaban J connectivity index is 1.38. The Hall–Kier alpha value is -0.960. The average Bonchev–Trinajstić information content (AvgIpc) is 3.48. The zero-order valence-electron chi connectivity index (χ0n) is 25.3. The van der Waals surface area contributed by atoms with Crippen molar-refractivity contribution in [2.75, 3.05) is 6.61 Å². The van der Waals surface area contributed by atoms with E-state index in [1.165, 1.54) is 0 Å². The van der Waals surface area contributed by atoms with Crippen LogP contribution >= 0.6 is 0 Å². The van der Waals surface area contributed by atoms with Crippen LogP contribution in [0.5, 0.6) is 0 Å². The smallest absolute Gasteiger partial charge is 0.186 e. The highest BCUT2D eigenvalue weighted by atomic mass is 16.7. The van der Waals surface area contributed by atoms with E-state index < -0.39 is 78.5 Å². The normalized spacial score (nSPS) is 54.6. The predicted octanol–water partition coefficient (Wildman–Crippen LogP) is 0.920. The van der Waals surface area contributed by atoms with Crippen molar-refractivity contribution >= 4 is 0 Å². The molecule has 0 aromatic heterocycles. The van der Waals surface area contributed by atoms with Gasteiger partial charge in [-0.3, -0.25) is 0 Å². The lowest BCUT2D eigenvalue weighted by atomic mass is 9.67. The summed E-state index contributed by atoms with van der Waals surface area (Å²) in [6.07, 6.45) is -7.20. The van der Waals surface area contributed by atoms with Crippen LogP contribution in [0.25, 0.3) is 0 Å². The van der Waals surface area contributed by atoms with Crippen molar-refractivity contribution in [3.8, 4) is 0 Å². The van der Waals surface area contributed by atoms with Gasteiger partial charge in [0.05, 0.1) is 30.5 Å². The lowest BCUT2D eigenvalue weighted by molar-refractivity contribution is -0.353. The summed E-state index contributed by atoms with van der Waals surface area (Å²) in [5.41, 5.74) is 1.13. The molecule has 0 amide bonds. The number of hydrogen-bond donors (Lipinski definition) is 6. The fourth-order valence-corrected chi connectivity index (χ4v) is 7.75. The van der Waals surface area contributed by atoms with Crippen LogP contribution in [0.1, 0.15) is 66.7 Å². The van der Waals surface area contributed by atoms with Crippen molar-refractivity contribution in [3.05, 3.63) is 23.8 Å². The molecule has 5 rings (SSSR count). The Bertz CT molecular complexity index is 1020. The summed E-state index contributed by atoms with van der Waals surface area (Å²) >= 11 is 0. The fourth-order valence-electron chi connectivity index (χ4n) is 7.75. The van der Waals surface area contributed by atoms with Crippen LogP contribution in [0, 0.1) is 17.3 Å². The van der Waals surface area contributed by atoms with Gasteiger partial charge in [-0.05, 0) is 77.2 Å². The van der Waals surface area contributed by atoms with Crippen molar-refractivity contribution in [3.63, 3.8) is 0 Å². The molecule has 11 nitrogen and oxygen atoms in total. The number of rotatable bonds is 5. The molecule has 1 saturated carbocycles. The third kappa shape index (κ3) is 5.88. The second-order valence-corrected chi connectivity index (χ2v) is 13.8. The van der Waals surface area contributed by atoms with Crippen molar-refractivity contribution in [1.29, 1.82) is 0 Å². The first kappa shape index (κ1) is 32.4. The van der Waals surface area contributed by atoms with Gasteiger partial charge >= 0.3 is 0 Å². The summed E-state index contributed by atoms with van der Waals surface area (Å²) in [5, 5.41) is 63.7. The minimum atomic E-state index is -1.55. The molecule has 0 bridgehead atoms. The van der Waals surface area contributed by atoms with Crippen LogP contribution in [-0.4, -0.2) is 116 Å². The predicted molar refractivity (Wildman–Crippen MR) is 150 cm³/mol. The second kappa shape index (κ2) is 12.1. The van der Waals surface area contributed by atoms with E-state index in [2.05, 4.69) is 26.5 Å². The van der Waals surface area contributed by atoms with Gasteiger partial charge < -0.3 is 54.3 Å². The van der Waals surface area contributed by atoms with Gasteiger partial charge in [0.2, 0.25) is 0 Å². The summed E-state index contributed by atoms with van der Waals surface area (Å²) in [5.74, 6) is 0.223. The van der Waals surface area contributed by atoms with E-state index in [-0.39, 0.29) is 24.5 Å². The monoisotopic (exact) mass is 598 g/mol. The van der Waals surface area contributed by atoms with Crippen LogP contribution < -0.4 is 0 Å². The van der Waals surface area contributed by atoms with E-state index >= 15 is 0 Å². The molecule has 0 radical (unpaired) electrons. The lowest BCUT2D eigenvalue weighted by Crippen LogP contribution is -2.63. The van der Waals surface area contributed by atoms with Crippen molar-refractivity contribution < 1.29 is 54.3 Å². The van der Waals surface area contributed by atoms with Gasteiger partial charge in [0, 0.05) is 5.41 Å². The molecular formula is C31H50O11. The van der Waals surface area contributed by atoms with Gasteiger partial charge in [-0.25, -0.2) is 0 Å². The van der Waals surface area contributed by atoms with Gasteiger partial charge in [0.15, 0.2) is 12.6 Å². The number of fused-ring (bicyclic) bond motifs is 2. The highest BCUT2D eigenvalue weighted by molar-refractivity contribution is 5.18. The third-order valence-corrected chi connectivity index (χ3v) is 10.7. The summed E-state index contributed by atoms with van der Waals surface area (Å²) < 4.78 is 30.3. The molecule has 0 aromatic rings. The van der Waals surface area contributed by atoms with Crippen LogP contribution in [0.2, 0.25) is 0 Å². The van der Waals surface area contributed by atoms with E-state index in [1.54, 1.807) is 6.92 Å². The summed E-state index contributed by atoms with van der Waals surface area (Å²) in [4.78, 5) is 0. The van der Waals surface area contributed by atoms with Crippen molar-refractivity contribution in [2.24, 2.45) is 17.3 Å². The number of ether oxygens (including phenoxy) is 5. The van der Waals surface area contributed by atoms with Crippen LogP contribution in [0.3, 0.4) is 0 Å². The largest absolute Gasteiger partial charge is 0.389 e. The third-order valence-electron chi connectivity index (χ3n) is 10.7. The first-order valence-corrected chi connectivity index (χ1v) is 15.3. The molecule has 3 saturated heterocycles. The van der Waals surface area contributed by atoms with E-state index in [9.17, 15) is 30.6 Å². The number of aliphatic hydroxyl groups is 6. The molecular weight excluding hydrogens is 548 g/mol. The van der Waals surface area contributed by atoms with Crippen molar-refractivity contribution in [2.45, 2.75) is 146 Å². The Morgan fingerprint density at radius 2 is 1.67 bits per heavy atom. The highest BCUT2D eigenvalue weighted by Crippen LogP contribution is 2.59. The van der Waals surface area contributed by atoms with Gasteiger partial charge in [-0.1, -0.05) is 25.2 Å². The molecule has 240 valence electrons. The Morgan fingerprint density at radius 1 is 0.976 bits per heavy atom. The highest BCUT2D eigenvalue weighted by Gasteiger charge is 2.65. The molecule has 11 heteroatoms. The minimum Gasteiger partial charge on any atom is -0.389 e. The van der Waals surface area contributed by atoms with E-state index in [1.807, 2.05) is 13.8 Å². The quantitative estimate of drug-likeness (QED) is 0.196. The molecule has 2 aliphatic carbocycles. The Labute approximate surface area is 248 Å². The maximum absolute atomic E-state index is 11.2. The van der Waals surface area contributed by atoms with Crippen LogP contribution in [0.15, 0.2) is 23.8 Å². The molecule has 42 heavy (non-hydrogen) atoms. The lowest BCUT2D eigenvalue weighted by Gasteiger charge is -2.47. The van der Waals surface area contributed by atoms with Gasteiger partial charge in [-0.2, -0.15) is 0 Å². The molecule has 3 aliphatic heterocycles. The zero-order valence-corrected chi connectivity index (χ0v) is 25.3. The summed E-state index contributed by atoms with van der Waals surface area (Å²) in [6.45, 7) is 13.9. The average molecular weight is 599 g/mol. The second-order valence-electron chi connectivity index (χ2n) is 13.8. The number of aliphatic hydroxyl groups excluding tert-OH is 6. The zero-order chi connectivity index (χ0) is 30.7. The molecule has 0 aromatic carbocycles. The summed E-state index contributed by atoms with van der Waals surface area (Å²) in [6, 6.07) is 0. The van der Waals surface area contributed by atoms with Gasteiger partial charge in [0.25, 0.3) is 0 Å². The number of allylic oxidation sites excluding steroid dienone is 2. The maximum Gasteiger partial charge on any atom is 0.186 e. The first-order valence-electron chi connectivity index (χ1n) is 15.3. The summed E-state index contributed by atoms with van der Waals surface area (Å²) in [7, 11) is 0. The maximum atomic E-state index is 11.2. The number of hydrogen-bond acceptors (Lipinski definition) is 11.